The molecule has 7 heteroatoms. The Labute approximate surface area is 172 Å². The summed E-state index contributed by atoms with van der Waals surface area (Å²) in [5.74, 6) is 0.403. The Morgan fingerprint density at radius 1 is 1.13 bits per heavy atom. The van der Waals surface area contributed by atoms with Crippen molar-refractivity contribution in [2.24, 2.45) is 0 Å². The van der Waals surface area contributed by atoms with Crippen LogP contribution < -0.4 is 16.4 Å². The van der Waals surface area contributed by atoms with Gasteiger partial charge < -0.3 is 5.32 Å². The summed E-state index contributed by atoms with van der Waals surface area (Å²) in [6.07, 6.45) is 3.59. The Bertz CT molecular complexity index is 1360. The molecule has 2 aromatic carbocycles. The molecular formula is C23H21N5O2. The lowest BCUT2D eigenvalue weighted by molar-refractivity contribution is 0.524. The average molecular weight is 399 g/mol. The molecule has 4 aromatic rings. The van der Waals surface area contributed by atoms with Gasteiger partial charge in [0.15, 0.2) is 0 Å². The number of fused-ring (bicyclic) bond motifs is 2. The van der Waals surface area contributed by atoms with Crippen molar-refractivity contribution in [3.05, 3.63) is 98.3 Å². The first-order chi connectivity index (χ1) is 14.6. The quantitative estimate of drug-likeness (QED) is 0.550. The van der Waals surface area contributed by atoms with Crippen LogP contribution in [0, 0.1) is 0 Å². The average Bonchev–Trinajstić information content (AvgIpc) is 3.16. The first-order valence-electron chi connectivity index (χ1n) is 10.0. The van der Waals surface area contributed by atoms with E-state index in [9.17, 15) is 9.59 Å². The van der Waals surface area contributed by atoms with Crippen molar-refractivity contribution in [3.63, 3.8) is 0 Å². The number of rotatable bonds is 4. The molecule has 2 atom stereocenters. The van der Waals surface area contributed by atoms with Gasteiger partial charge in [0.25, 0.3) is 11.1 Å². The maximum atomic E-state index is 12.9. The minimum Gasteiger partial charge on any atom is -0.349 e. The monoisotopic (exact) mass is 399 g/mol. The molecule has 0 aliphatic heterocycles. The largest absolute Gasteiger partial charge is 0.349 e. The van der Waals surface area contributed by atoms with Crippen LogP contribution in [-0.4, -0.2) is 19.7 Å². The number of H-pyrrole nitrogens is 1. The molecule has 1 aliphatic carbocycles. The van der Waals surface area contributed by atoms with Crippen LogP contribution >= 0.6 is 0 Å². The van der Waals surface area contributed by atoms with Gasteiger partial charge in [-0.2, -0.15) is 5.10 Å². The van der Waals surface area contributed by atoms with E-state index >= 15 is 0 Å². The van der Waals surface area contributed by atoms with Crippen LogP contribution in [0.25, 0.3) is 10.8 Å². The molecule has 0 saturated carbocycles. The minimum absolute atomic E-state index is 0.0939. The lowest BCUT2D eigenvalue weighted by Gasteiger charge is -2.17. The van der Waals surface area contributed by atoms with Crippen LogP contribution in [0.15, 0.2) is 70.4 Å². The number of hydrogen-bond donors (Lipinski definition) is 2. The molecule has 0 amide bonds. The van der Waals surface area contributed by atoms with Crippen LogP contribution in [0.1, 0.15) is 42.2 Å². The Morgan fingerprint density at radius 2 is 1.93 bits per heavy atom. The normalized spacial score (nSPS) is 16.4. The summed E-state index contributed by atoms with van der Waals surface area (Å²) in [5.41, 5.74) is 2.55. The third-order valence-corrected chi connectivity index (χ3v) is 5.72. The molecule has 0 radical (unpaired) electrons. The molecule has 0 spiro atoms. The Morgan fingerprint density at radius 3 is 2.83 bits per heavy atom. The fourth-order valence-electron chi connectivity index (χ4n) is 4.14. The number of aromatic nitrogens is 4. The number of hydrogen-bond acceptors (Lipinski definition) is 5. The van der Waals surface area contributed by atoms with E-state index in [4.69, 9.17) is 0 Å². The van der Waals surface area contributed by atoms with Crippen LogP contribution in [0.4, 0.5) is 5.95 Å². The first-order valence-corrected chi connectivity index (χ1v) is 10.0. The van der Waals surface area contributed by atoms with E-state index < -0.39 is 6.04 Å². The molecule has 0 fully saturated rings. The second kappa shape index (κ2) is 7.26. The Kier molecular flexibility index (Phi) is 4.43. The minimum atomic E-state index is -0.485. The molecule has 7 nitrogen and oxygen atoms in total. The lowest BCUT2D eigenvalue weighted by atomic mass is 10.1. The maximum absolute atomic E-state index is 12.9. The zero-order valence-corrected chi connectivity index (χ0v) is 16.5. The molecule has 2 N–H and O–H groups in total. The van der Waals surface area contributed by atoms with Crippen LogP contribution in [0.5, 0.6) is 0 Å². The summed E-state index contributed by atoms with van der Waals surface area (Å²) >= 11 is 0. The Balaban J connectivity index is 1.49. The molecule has 150 valence electrons. The highest BCUT2D eigenvalue weighted by molar-refractivity contribution is 5.80. The van der Waals surface area contributed by atoms with Crippen molar-refractivity contribution in [2.45, 2.75) is 31.8 Å². The SMILES string of the molecule is C[C@@H](c1cc(=O)[nH]c(N[C@H]2CCc3ccccc32)n1)n1ncc2ccccc2c1=O. The van der Waals surface area contributed by atoms with Crippen molar-refractivity contribution >= 4 is 16.7 Å². The van der Waals surface area contributed by atoms with E-state index in [0.29, 0.717) is 17.0 Å². The summed E-state index contributed by atoms with van der Waals surface area (Å²) in [6, 6.07) is 16.6. The molecule has 0 bridgehead atoms. The predicted octanol–water partition coefficient (Wildman–Crippen LogP) is 3.19. The van der Waals surface area contributed by atoms with Crippen molar-refractivity contribution in [1.29, 1.82) is 0 Å². The Hall–Kier alpha value is -3.74. The van der Waals surface area contributed by atoms with Crippen molar-refractivity contribution in [2.75, 3.05) is 5.32 Å². The topological polar surface area (TPSA) is 92.7 Å². The van der Waals surface area contributed by atoms with Gasteiger partial charge in [-0.15, -0.1) is 0 Å². The van der Waals surface area contributed by atoms with Crippen molar-refractivity contribution in [3.8, 4) is 0 Å². The third-order valence-electron chi connectivity index (χ3n) is 5.72. The van der Waals surface area contributed by atoms with Gasteiger partial charge in [-0.25, -0.2) is 9.67 Å². The summed E-state index contributed by atoms with van der Waals surface area (Å²) in [5, 5.41) is 9.03. The molecule has 0 saturated heterocycles. The van der Waals surface area contributed by atoms with Gasteiger partial charge in [0.05, 0.1) is 29.4 Å². The summed E-state index contributed by atoms with van der Waals surface area (Å²) in [6.45, 7) is 1.82. The number of benzene rings is 2. The zero-order valence-electron chi connectivity index (χ0n) is 16.5. The van der Waals surface area contributed by atoms with Gasteiger partial charge in [-0.3, -0.25) is 14.6 Å². The van der Waals surface area contributed by atoms with Gasteiger partial charge in [-0.05, 0) is 37.0 Å². The van der Waals surface area contributed by atoms with Gasteiger partial charge in [0, 0.05) is 11.5 Å². The highest BCUT2D eigenvalue weighted by atomic mass is 16.1. The van der Waals surface area contributed by atoms with Gasteiger partial charge in [0.2, 0.25) is 5.95 Å². The van der Waals surface area contributed by atoms with Crippen LogP contribution in [0.2, 0.25) is 0 Å². The fourth-order valence-corrected chi connectivity index (χ4v) is 4.14. The first kappa shape index (κ1) is 18.3. The van der Waals surface area contributed by atoms with Gasteiger partial charge in [0.1, 0.15) is 0 Å². The van der Waals surface area contributed by atoms with E-state index in [1.54, 1.807) is 12.3 Å². The predicted molar refractivity (Wildman–Crippen MR) is 116 cm³/mol. The number of aromatic amines is 1. The lowest BCUT2D eigenvalue weighted by Crippen LogP contribution is -2.28. The number of aryl methyl sites for hydroxylation is 1. The molecule has 5 rings (SSSR count). The van der Waals surface area contributed by atoms with Crippen molar-refractivity contribution < 1.29 is 0 Å². The van der Waals surface area contributed by atoms with Crippen LogP contribution in [0.3, 0.4) is 0 Å². The number of anilines is 1. The molecule has 0 unspecified atom stereocenters. The molecule has 2 heterocycles. The zero-order chi connectivity index (χ0) is 20.7. The summed E-state index contributed by atoms with van der Waals surface area (Å²) in [4.78, 5) is 32.6. The highest BCUT2D eigenvalue weighted by Crippen LogP contribution is 2.32. The summed E-state index contributed by atoms with van der Waals surface area (Å²) in [7, 11) is 0. The molecular weight excluding hydrogens is 378 g/mol. The maximum Gasteiger partial charge on any atom is 0.275 e. The van der Waals surface area contributed by atoms with Gasteiger partial charge in [-0.1, -0.05) is 42.5 Å². The van der Waals surface area contributed by atoms with E-state index in [1.807, 2.05) is 37.3 Å². The van der Waals surface area contributed by atoms with Crippen molar-refractivity contribution in [1.82, 2.24) is 19.7 Å². The smallest absolute Gasteiger partial charge is 0.275 e. The number of nitrogens with one attached hydrogen (secondary N) is 2. The summed E-state index contributed by atoms with van der Waals surface area (Å²) < 4.78 is 1.37. The van der Waals surface area contributed by atoms with Gasteiger partial charge >= 0.3 is 0 Å². The van der Waals surface area contributed by atoms with E-state index in [0.717, 1.165) is 18.2 Å². The van der Waals surface area contributed by atoms with E-state index in [1.165, 1.54) is 21.9 Å². The number of nitrogens with zero attached hydrogens (tertiary/aromatic N) is 3. The second-order valence-electron chi connectivity index (χ2n) is 7.61. The molecule has 1 aliphatic rings. The highest BCUT2D eigenvalue weighted by Gasteiger charge is 2.23. The third kappa shape index (κ3) is 3.18. The fraction of sp³-hybridized carbons (Fsp3) is 0.217. The van der Waals surface area contributed by atoms with E-state index in [2.05, 4.69) is 32.5 Å². The molecule has 30 heavy (non-hydrogen) atoms. The van der Waals surface area contributed by atoms with Crippen LogP contribution in [-0.2, 0) is 6.42 Å². The standard InChI is InChI=1S/C23H21N5O2/c1-14(28-22(30)18-9-5-3-7-16(18)13-24-28)20-12-21(29)27-23(26-20)25-19-11-10-15-6-2-4-8-17(15)19/h2-9,12-14,19H,10-11H2,1H3,(H2,25,26,27,29)/t14-,19-/m0/s1. The second-order valence-corrected chi connectivity index (χ2v) is 7.61. The molecule has 2 aromatic heterocycles. The van der Waals surface area contributed by atoms with E-state index in [-0.39, 0.29) is 17.2 Å².